The molecule has 0 aliphatic carbocycles. The van der Waals surface area contributed by atoms with Crippen LogP contribution in [0.5, 0.6) is 11.5 Å². The third-order valence-electron chi connectivity index (χ3n) is 6.69. The highest BCUT2D eigenvalue weighted by atomic mass is 79.9. The zero-order valence-corrected chi connectivity index (χ0v) is 27.3. The molecule has 0 saturated heterocycles. The van der Waals surface area contributed by atoms with Crippen molar-refractivity contribution in [3.8, 4) is 11.5 Å². The molecule has 10 heteroatoms. The lowest BCUT2D eigenvalue weighted by Gasteiger charge is -2.26. The van der Waals surface area contributed by atoms with Gasteiger partial charge in [-0.1, -0.05) is 65.4 Å². The quantitative estimate of drug-likeness (QED) is 0.187. The van der Waals surface area contributed by atoms with Gasteiger partial charge < -0.3 is 14.2 Å². The molecule has 43 heavy (non-hydrogen) atoms. The fourth-order valence-corrected chi connectivity index (χ4v) is 6.55. The summed E-state index contributed by atoms with van der Waals surface area (Å²) in [5.41, 5.74) is 2.90. The topological polar surface area (TPSA) is 79.1 Å². The highest BCUT2D eigenvalue weighted by Gasteiger charge is 2.35. The average Bonchev–Trinajstić information content (AvgIpc) is 3.26. The molecule has 0 spiro atoms. The second-order valence-electron chi connectivity index (χ2n) is 10.1. The van der Waals surface area contributed by atoms with E-state index in [1.54, 1.807) is 18.4 Å². The van der Waals surface area contributed by atoms with Crippen LogP contribution in [-0.4, -0.2) is 23.2 Å². The molecular weight excluding hydrogens is 652 g/mol. The lowest BCUT2D eigenvalue weighted by Crippen LogP contribution is -2.40. The first-order valence-electron chi connectivity index (χ1n) is 13.8. The fraction of sp³-hybridized carbons (Fsp3) is 0.242. The maximum Gasteiger partial charge on any atom is 0.338 e. The Kier molecular flexibility index (Phi) is 9.54. The van der Waals surface area contributed by atoms with Gasteiger partial charge in [0, 0.05) is 16.1 Å². The highest BCUT2D eigenvalue weighted by molar-refractivity contribution is 9.10. The molecule has 7 nitrogen and oxygen atoms in total. The monoisotopic (exact) mass is 680 g/mol. The van der Waals surface area contributed by atoms with Gasteiger partial charge in [0.2, 0.25) is 0 Å². The maximum absolute atomic E-state index is 14.0. The Labute approximate surface area is 266 Å². The second kappa shape index (κ2) is 13.3. The number of benzene rings is 3. The second-order valence-corrected chi connectivity index (χ2v) is 12.3. The first-order chi connectivity index (χ1) is 20.7. The molecule has 0 N–H and O–H groups in total. The maximum atomic E-state index is 14.0. The molecule has 1 aromatic heterocycles. The number of hydrogen-bond acceptors (Lipinski definition) is 7. The smallest absolute Gasteiger partial charge is 0.338 e. The van der Waals surface area contributed by atoms with Gasteiger partial charge in [0.1, 0.15) is 24.1 Å². The van der Waals surface area contributed by atoms with Crippen LogP contribution in [0, 0.1) is 0 Å². The number of halogens is 2. The Morgan fingerprint density at radius 3 is 2.58 bits per heavy atom. The van der Waals surface area contributed by atoms with Gasteiger partial charge in [-0.15, -0.1) is 0 Å². The Morgan fingerprint density at radius 1 is 1.12 bits per heavy atom. The normalized spacial score (nSPS) is 14.9. The van der Waals surface area contributed by atoms with Crippen molar-refractivity contribution in [1.29, 1.82) is 0 Å². The summed E-state index contributed by atoms with van der Waals surface area (Å²) in [5, 5.41) is 0.642. The van der Waals surface area contributed by atoms with Crippen LogP contribution in [-0.2, 0) is 16.1 Å². The number of para-hydroxylation sites is 1. The number of esters is 1. The minimum absolute atomic E-state index is 0.108. The molecule has 3 aromatic carbocycles. The lowest BCUT2D eigenvalue weighted by molar-refractivity contribution is -0.139. The van der Waals surface area contributed by atoms with E-state index in [0.29, 0.717) is 49.3 Å². The first kappa shape index (κ1) is 30.8. The van der Waals surface area contributed by atoms with Crippen molar-refractivity contribution in [2.45, 2.75) is 46.4 Å². The molecule has 0 unspecified atom stereocenters. The van der Waals surface area contributed by atoms with Gasteiger partial charge >= 0.3 is 5.97 Å². The van der Waals surface area contributed by atoms with E-state index in [-0.39, 0.29) is 18.3 Å². The van der Waals surface area contributed by atoms with Crippen LogP contribution in [0.2, 0.25) is 5.02 Å². The predicted octanol–water partition coefficient (Wildman–Crippen LogP) is 6.58. The van der Waals surface area contributed by atoms with E-state index in [1.807, 2.05) is 86.7 Å². The summed E-state index contributed by atoms with van der Waals surface area (Å²) in [4.78, 5) is 32.4. The van der Waals surface area contributed by atoms with Crippen LogP contribution in [0.4, 0.5) is 0 Å². The number of carbonyl (C=O) groups excluding carboxylic acids is 1. The molecule has 0 amide bonds. The number of aromatic nitrogens is 1. The Hall–Kier alpha value is -3.66. The highest BCUT2D eigenvalue weighted by Crippen LogP contribution is 2.36. The minimum Gasteiger partial charge on any atom is -0.491 e. The molecule has 0 saturated carbocycles. The van der Waals surface area contributed by atoms with E-state index >= 15 is 0 Å². The molecule has 0 bridgehead atoms. The number of carbonyl (C=O) groups is 1. The summed E-state index contributed by atoms with van der Waals surface area (Å²) < 4.78 is 20.3. The molecule has 2 heterocycles. The summed E-state index contributed by atoms with van der Waals surface area (Å²) in [6, 6.07) is 19.8. The van der Waals surface area contributed by atoms with E-state index in [0.717, 1.165) is 15.6 Å². The Bertz CT molecular complexity index is 1900. The van der Waals surface area contributed by atoms with Crippen LogP contribution in [0.25, 0.3) is 6.08 Å². The van der Waals surface area contributed by atoms with Gasteiger partial charge in [-0.05, 0) is 79.5 Å². The molecule has 1 aliphatic heterocycles. The van der Waals surface area contributed by atoms with E-state index in [4.69, 9.17) is 25.8 Å². The van der Waals surface area contributed by atoms with Crippen LogP contribution in [0.3, 0.4) is 0 Å². The van der Waals surface area contributed by atoms with Gasteiger partial charge in [-0.25, -0.2) is 9.79 Å². The van der Waals surface area contributed by atoms with Crippen LogP contribution in [0.15, 0.2) is 92.3 Å². The fourth-order valence-electron chi connectivity index (χ4n) is 4.80. The van der Waals surface area contributed by atoms with E-state index in [9.17, 15) is 9.59 Å². The number of hydrogen-bond donors (Lipinski definition) is 0. The molecule has 4 aromatic rings. The van der Waals surface area contributed by atoms with Crippen molar-refractivity contribution >= 4 is 50.9 Å². The number of thiazole rings is 1. The molecular formula is C33H30BrClN2O5S. The number of ether oxygens (including phenoxy) is 3. The Morgan fingerprint density at radius 2 is 1.86 bits per heavy atom. The van der Waals surface area contributed by atoms with E-state index in [2.05, 4.69) is 20.9 Å². The van der Waals surface area contributed by atoms with Crippen LogP contribution < -0.4 is 24.4 Å². The van der Waals surface area contributed by atoms with Gasteiger partial charge in [0.05, 0.1) is 33.0 Å². The van der Waals surface area contributed by atoms with E-state index in [1.165, 1.54) is 11.3 Å². The first-order valence-corrected chi connectivity index (χ1v) is 15.8. The zero-order chi connectivity index (χ0) is 30.7. The zero-order valence-electron chi connectivity index (χ0n) is 24.1. The van der Waals surface area contributed by atoms with E-state index < -0.39 is 12.0 Å². The third kappa shape index (κ3) is 6.64. The van der Waals surface area contributed by atoms with Crippen LogP contribution in [0.1, 0.15) is 50.4 Å². The van der Waals surface area contributed by atoms with Gasteiger partial charge in [-0.3, -0.25) is 9.36 Å². The van der Waals surface area contributed by atoms with Crippen molar-refractivity contribution in [3.63, 3.8) is 0 Å². The summed E-state index contributed by atoms with van der Waals surface area (Å²) in [7, 11) is 0. The lowest BCUT2D eigenvalue weighted by atomic mass is 9.95. The van der Waals surface area contributed by atoms with Crippen molar-refractivity contribution in [2.24, 2.45) is 4.99 Å². The van der Waals surface area contributed by atoms with Gasteiger partial charge in [0.15, 0.2) is 4.80 Å². The summed E-state index contributed by atoms with van der Waals surface area (Å²) in [6.45, 7) is 7.89. The van der Waals surface area contributed by atoms with Crippen LogP contribution >= 0.6 is 38.9 Å². The molecule has 222 valence electrons. The SMILES string of the molecule is CCOC(=O)C1=C(C)N=c2s/c(=C/c3ccc(OCc4ccccc4Cl)c(Br)c3)c(=O)n2[C@H]1c1ccccc1OC(C)C. The van der Waals surface area contributed by atoms with Crippen molar-refractivity contribution in [2.75, 3.05) is 6.61 Å². The molecule has 0 radical (unpaired) electrons. The molecule has 1 atom stereocenters. The van der Waals surface area contributed by atoms with Crippen molar-refractivity contribution in [3.05, 3.63) is 124 Å². The van der Waals surface area contributed by atoms with Gasteiger partial charge in [-0.2, -0.15) is 0 Å². The minimum atomic E-state index is -0.764. The van der Waals surface area contributed by atoms with Crippen molar-refractivity contribution < 1.29 is 19.0 Å². The molecule has 1 aliphatic rings. The third-order valence-corrected chi connectivity index (χ3v) is 8.66. The summed E-state index contributed by atoms with van der Waals surface area (Å²) >= 11 is 11.1. The summed E-state index contributed by atoms with van der Waals surface area (Å²) in [5.74, 6) is 0.721. The summed E-state index contributed by atoms with van der Waals surface area (Å²) in [6.07, 6.45) is 1.70. The average molecular weight is 682 g/mol. The largest absolute Gasteiger partial charge is 0.491 e. The van der Waals surface area contributed by atoms with Crippen molar-refractivity contribution in [1.82, 2.24) is 4.57 Å². The number of allylic oxidation sites excluding steroid dienone is 1. The number of fused-ring (bicyclic) bond motifs is 1. The standard InChI is InChI=1S/C33H30BrClN2O5S/c1-5-40-32(39)29-20(4)36-33-37(30(29)23-11-7-9-13-26(23)42-19(2)3)31(38)28(43-33)17-21-14-15-27(24(34)16-21)41-18-22-10-6-8-12-25(22)35/h6-17,19,30H,5,18H2,1-4H3/b28-17+/t30-/m0/s1. The Balaban J connectivity index is 1.56. The number of rotatable bonds is 9. The molecule has 5 rings (SSSR count). The predicted molar refractivity (Wildman–Crippen MR) is 173 cm³/mol. The molecule has 0 fully saturated rings. The van der Waals surface area contributed by atoms with Gasteiger partial charge in [0.25, 0.3) is 5.56 Å². The number of nitrogens with zero attached hydrogens (tertiary/aromatic N) is 2.